The van der Waals surface area contributed by atoms with Crippen LogP contribution in [0.5, 0.6) is 0 Å². The minimum absolute atomic E-state index is 0. The average Bonchev–Trinajstić information content (AvgIpc) is 2.28. The molecule has 6 heteroatoms. The van der Waals surface area contributed by atoms with Gasteiger partial charge in [0.1, 0.15) is 0 Å². The van der Waals surface area contributed by atoms with Gasteiger partial charge in [-0.25, -0.2) is 0 Å². The van der Waals surface area contributed by atoms with Crippen molar-refractivity contribution >= 4 is 29.9 Å². The summed E-state index contributed by atoms with van der Waals surface area (Å²) in [6, 6.07) is 0. The molecule has 17 heavy (non-hydrogen) atoms. The minimum atomic E-state index is 0. The Kier molecular flexibility index (Phi) is 18.0. The van der Waals surface area contributed by atoms with Crippen molar-refractivity contribution in [3.8, 4) is 0 Å². The fraction of sp³-hybridized carbons (Fsp3) is 0.909. The Morgan fingerprint density at radius 3 is 2.29 bits per heavy atom. The summed E-state index contributed by atoms with van der Waals surface area (Å²) in [6.07, 6.45) is 1.86. The molecule has 3 N–H and O–H groups in total. The third kappa shape index (κ3) is 15.9. The van der Waals surface area contributed by atoms with Crippen molar-refractivity contribution in [2.24, 2.45) is 10.7 Å². The molecule has 0 bridgehead atoms. The second-order valence-electron chi connectivity index (χ2n) is 3.29. The normalized spacial score (nSPS) is 11.1. The molecule has 5 nitrogen and oxygen atoms in total. The van der Waals surface area contributed by atoms with Gasteiger partial charge in [-0.2, -0.15) is 0 Å². The summed E-state index contributed by atoms with van der Waals surface area (Å²) in [5.74, 6) is 0.507. The van der Waals surface area contributed by atoms with Crippen LogP contribution in [-0.4, -0.2) is 45.5 Å². The van der Waals surface area contributed by atoms with E-state index in [9.17, 15) is 0 Å². The lowest BCUT2D eigenvalue weighted by atomic mass is 10.4. The van der Waals surface area contributed by atoms with E-state index >= 15 is 0 Å². The summed E-state index contributed by atoms with van der Waals surface area (Å²) in [5.41, 5.74) is 5.66. The first-order chi connectivity index (χ1) is 7.81. The van der Waals surface area contributed by atoms with Crippen molar-refractivity contribution in [1.82, 2.24) is 5.32 Å². The summed E-state index contributed by atoms with van der Waals surface area (Å²) in [5, 5.41) is 3.04. The van der Waals surface area contributed by atoms with Crippen LogP contribution in [0.15, 0.2) is 4.99 Å². The van der Waals surface area contributed by atoms with Crippen molar-refractivity contribution in [3.63, 3.8) is 0 Å². The van der Waals surface area contributed by atoms with Gasteiger partial charge in [0.15, 0.2) is 5.96 Å². The summed E-state index contributed by atoms with van der Waals surface area (Å²) in [6.45, 7) is 8.53. The number of ether oxygens (including phenoxy) is 2. The molecule has 0 spiro atoms. The molecule has 0 heterocycles. The van der Waals surface area contributed by atoms with Crippen LogP contribution in [0, 0.1) is 0 Å². The van der Waals surface area contributed by atoms with Crippen molar-refractivity contribution in [1.29, 1.82) is 0 Å². The topological polar surface area (TPSA) is 68.9 Å². The van der Waals surface area contributed by atoms with Gasteiger partial charge < -0.3 is 20.5 Å². The van der Waals surface area contributed by atoms with Crippen LogP contribution in [0.3, 0.4) is 0 Å². The van der Waals surface area contributed by atoms with Crippen molar-refractivity contribution in [2.45, 2.75) is 26.7 Å². The Labute approximate surface area is 122 Å². The maximum Gasteiger partial charge on any atom is 0.188 e. The largest absolute Gasteiger partial charge is 0.382 e. The molecule has 0 radical (unpaired) electrons. The Balaban J connectivity index is 0. The fourth-order valence-corrected chi connectivity index (χ4v) is 1.10. The van der Waals surface area contributed by atoms with Gasteiger partial charge in [-0.3, -0.25) is 4.99 Å². The number of rotatable bonds is 10. The van der Waals surface area contributed by atoms with E-state index in [4.69, 9.17) is 15.2 Å². The molecule has 0 atom stereocenters. The second kappa shape index (κ2) is 15.9. The number of hydrogen-bond donors (Lipinski definition) is 2. The standard InChI is InChI=1S/C11H25N3O2.HI/c1-3-15-9-5-7-13-11(12)14-8-6-10-16-4-2;/h3-10H2,1-2H3,(H3,12,13,14);1H. The zero-order valence-electron chi connectivity index (χ0n) is 10.9. The lowest BCUT2D eigenvalue weighted by Crippen LogP contribution is -2.33. The lowest BCUT2D eigenvalue weighted by Gasteiger charge is -2.05. The SMILES string of the molecule is CCOCCCN=C(N)NCCCOCC.I. The summed E-state index contributed by atoms with van der Waals surface area (Å²) in [7, 11) is 0. The number of aliphatic imine (C=N–C) groups is 1. The highest BCUT2D eigenvalue weighted by Gasteiger charge is 1.91. The minimum Gasteiger partial charge on any atom is -0.382 e. The molecule has 0 unspecified atom stereocenters. The van der Waals surface area contributed by atoms with E-state index in [-0.39, 0.29) is 24.0 Å². The highest BCUT2D eigenvalue weighted by Crippen LogP contribution is 1.84. The lowest BCUT2D eigenvalue weighted by molar-refractivity contribution is 0.145. The summed E-state index contributed by atoms with van der Waals surface area (Å²) in [4.78, 5) is 4.18. The molecule has 0 amide bonds. The van der Waals surface area contributed by atoms with Gasteiger partial charge in [-0.1, -0.05) is 0 Å². The number of nitrogens with two attached hydrogens (primary N) is 1. The molecule has 0 rings (SSSR count). The van der Waals surface area contributed by atoms with Gasteiger partial charge in [0.2, 0.25) is 0 Å². The third-order valence-corrected chi connectivity index (χ3v) is 1.91. The molecule has 0 aromatic carbocycles. The Morgan fingerprint density at radius 1 is 1.12 bits per heavy atom. The molecule has 0 aromatic heterocycles. The predicted molar refractivity (Wildman–Crippen MR) is 82.1 cm³/mol. The molecule has 0 aliphatic rings. The Hall–Kier alpha value is -0.0800. The first-order valence-electron chi connectivity index (χ1n) is 6.00. The zero-order chi connectivity index (χ0) is 12.1. The van der Waals surface area contributed by atoms with Crippen LogP contribution in [-0.2, 0) is 9.47 Å². The quantitative estimate of drug-likeness (QED) is 0.268. The molecule has 0 saturated heterocycles. The highest BCUT2D eigenvalue weighted by molar-refractivity contribution is 14.0. The van der Waals surface area contributed by atoms with Crippen molar-refractivity contribution in [3.05, 3.63) is 0 Å². The molecule has 0 aliphatic heterocycles. The zero-order valence-corrected chi connectivity index (χ0v) is 13.2. The monoisotopic (exact) mass is 359 g/mol. The first-order valence-corrected chi connectivity index (χ1v) is 6.00. The number of halogens is 1. The van der Waals surface area contributed by atoms with Crippen LogP contribution < -0.4 is 11.1 Å². The molecular weight excluding hydrogens is 333 g/mol. The van der Waals surface area contributed by atoms with Gasteiger partial charge in [-0.15, -0.1) is 24.0 Å². The van der Waals surface area contributed by atoms with Crippen LogP contribution >= 0.6 is 24.0 Å². The van der Waals surface area contributed by atoms with Crippen LogP contribution in [0.2, 0.25) is 0 Å². The van der Waals surface area contributed by atoms with E-state index in [2.05, 4.69) is 10.3 Å². The maximum atomic E-state index is 5.66. The molecular formula is C11H26IN3O2. The summed E-state index contributed by atoms with van der Waals surface area (Å²) >= 11 is 0. The van der Waals surface area contributed by atoms with Gasteiger partial charge >= 0.3 is 0 Å². The average molecular weight is 359 g/mol. The predicted octanol–water partition coefficient (Wildman–Crippen LogP) is 1.36. The molecule has 104 valence electrons. The molecule has 0 saturated carbocycles. The smallest absolute Gasteiger partial charge is 0.188 e. The van der Waals surface area contributed by atoms with Crippen LogP contribution in [0.1, 0.15) is 26.7 Å². The number of nitrogens with one attached hydrogen (secondary N) is 1. The fourth-order valence-electron chi connectivity index (χ4n) is 1.10. The number of guanidine groups is 1. The van der Waals surface area contributed by atoms with Crippen molar-refractivity contribution in [2.75, 3.05) is 39.5 Å². The van der Waals surface area contributed by atoms with Gasteiger partial charge in [0.25, 0.3) is 0 Å². The van der Waals surface area contributed by atoms with E-state index in [0.29, 0.717) is 12.5 Å². The number of hydrogen-bond acceptors (Lipinski definition) is 3. The van der Waals surface area contributed by atoms with E-state index in [1.165, 1.54) is 0 Å². The van der Waals surface area contributed by atoms with Gasteiger partial charge in [0, 0.05) is 39.5 Å². The first kappa shape index (κ1) is 19.3. The maximum absolute atomic E-state index is 5.66. The third-order valence-electron chi connectivity index (χ3n) is 1.91. The second-order valence-corrected chi connectivity index (χ2v) is 3.29. The highest BCUT2D eigenvalue weighted by atomic mass is 127. The van der Waals surface area contributed by atoms with Gasteiger partial charge in [-0.05, 0) is 26.7 Å². The van der Waals surface area contributed by atoms with E-state index in [1.807, 2.05) is 13.8 Å². The van der Waals surface area contributed by atoms with E-state index in [0.717, 1.165) is 45.8 Å². The number of nitrogens with zero attached hydrogens (tertiary/aromatic N) is 1. The Morgan fingerprint density at radius 2 is 1.71 bits per heavy atom. The van der Waals surface area contributed by atoms with Crippen molar-refractivity contribution < 1.29 is 9.47 Å². The molecule has 0 aromatic rings. The van der Waals surface area contributed by atoms with E-state index in [1.54, 1.807) is 0 Å². The summed E-state index contributed by atoms with van der Waals surface area (Å²) < 4.78 is 10.4. The van der Waals surface area contributed by atoms with E-state index < -0.39 is 0 Å². The van der Waals surface area contributed by atoms with Gasteiger partial charge in [0.05, 0.1) is 0 Å². The molecule has 0 aliphatic carbocycles. The Bertz CT molecular complexity index is 180. The van der Waals surface area contributed by atoms with Crippen LogP contribution in [0.25, 0.3) is 0 Å². The molecule has 0 fully saturated rings. The van der Waals surface area contributed by atoms with Crippen LogP contribution in [0.4, 0.5) is 0 Å².